The lowest BCUT2D eigenvalue weighted by Crippen LogP contribution is -2.15. The molecule has 0 saturated carbocycles. The van der Waals surface area contributed by atoms with Crippen molar-refractivity contribution in [1.29, 1.82) is 0 Å². The van der Waals surface area contributed by atoms with Crippen LogP contribution in [0.2, 0.25) is 0 Å². The van der Waals surface area contributed by atoms with Crippen molar-refractivity contribution in [3.05, 3.63) is 29.8 Å². The van der Waals surface area contributed by atoms with Crippen molar-refractivity contribution < 1.29 is 4.79 Å². The van der Waals surface area contributed by atoms with Crippen molar-refractivity contribution in [3.63, 3.8) is 0 Å². The molecule has 0 spiro atoms. The van der Waals surface area contributed by atoms with E-state index in [4.69, 9.17) is 0 Å². The van der Waals surface area contributed by atoms with Crippen LogP contribution in [0.3, 0.4) is 0 Å². The molecule has 1 rings (SSSR count). The van der Waals surface area contributed by atoms with Crippen molar-refractivity contribution in [2.24, 2.45) is 5.10 Å². The number of benzene rings is 1. The molecule has 16 heavy (non-hydrogen) atoms. The quantitative estimate of drug-likeness (QED) is 0.620. The fourth-order valence-electron chi connectivity index (χ4n) is 1.23. The van der Waals surface area contributed by atoms with Crippen LogP contribution < -0.4 is 10.3 Å². The van der Waals surface area contributed by atoms with Gasteiger partial charge in [-0.1, -0.05) is 12.1 Å². The number of amides is 1. The van der Waals surface area contributed by atoms with Crippen LogP contribution in [0.1, 0.15) is 19.4 Å². The molecule has 0 aliphatic heterocycles. The van der Waals surface area contributed by atoms with Gasteiger partial charge in [0.15, 0.2) is 0 Å². The third kappa shape index (κ3) is 3.38. The van der Waals surface area contributed by atoms with Gasteiger partial charge in [0, 0.05) is 26.7 Å². The van der Waals surface area contributed by atoms with E-state index in [1.165, 1.54) is 6.92 Å². The van der Waals surface area contributed by atoms with E-state index < -0.39 is 0 Å². The molecule has 0 atom stereocenters. The molecule has 0 radical (unpaired) electrons. The maximum atomic E-state index is 10.7. The lowest BCUT2D eigenvalue weighted by atomic mass is 10.1. The minimum Gasteiger partial charge on any atom is -0.378 e. The van der Waals surface area contributed by atoms with Gasteiger partial charge in [0.2, 0.25) is 5.91 Å². The first-order valence-corrected chi connectivity index (χ1v) is 5.09. The zero-order valence-electron chi connectivity index (χ0n) is 10.1. The van der Waals surface area contributed by atoms with E-state index in [1.807, 2.05) is 50.2 Å². The van der Waals surface area contributed by atoms with E-state index in [1.54, 1.807) is 0 Å². The molecule has 0 fully saturated rings. The summed E-state index contributed by atoms with van der Waals surface area (Å²) in [7, 11) is 3.99. The van der Waals surface area contributed by atoms with Gasteiger partial charge >= 0.3 is 0 Å². The number of hydrazone groups is 1. The fourth-order valence-corrected chi connectivity index (χ4v) is 1.23. The van der Waals surface area contributed by atoms with Crippen molar-refractivity contribution >= 4 is 17.3 Å². The Morgan fingerprint density at radius 1 is 1.19 bits per heavy atom. The fraction of sp³-hybridized carbons (Fsp3) is 0.333. The second-order valence-electron chi connectivity index (χ2n) is 3.81. The first kappa shape index (κ1) is 12.2. The zero-order valence-corrected chi connectivity index (χ0v) is 10.1. The molecule has 4 nitrogen and oxygen atoms in total. The minimum atomic E-state index is -0.163. The van der Waals surface area contributed by atoms with Gasteiger partial charge in [0.05, 0.1) is 5.71 Å². The number of hydrogen-bond acceptors (Lipinski definition) is 3. The summed E-state index contributed by atoms with van der Waals surface area (Å²) in [5.74, 6) is -0.163. The van der Waals surface area contributed by atoms with Crippen molar-refractivity contribution in [3.8, 4) is 0 Å². The summed E-state index contributed by atoms with van der Waals surface area (Å²) in [6.07, 6.45) is 0. The summed E-state index contributed by atoms with van der Waals surface area (Å²) >= 11 is 0. The highest BCUT2D eigenvalue weighted by Gasteiger charge is 1.99. The Morgan fingerprint density at radius 3 is 2.19 bits per heavy atom. The standard InChI is InChI=1S/C12H17N3O/c1-9(13-14-10(2)16)11-5-7-12(8-6-11)15(3)4/h5-8H,1-4H3,(H,14,16)/b13-9-. The van der Waals surface area contributed by atoms with Crippen LogP contribution in [0, 0.1) is 0 Å². The van der Waals surface area contributed by atoms with Crippen LogP contribution in [0.15, 0.2) is 29.4 Å². The summed E-state index contributed by atoms with van der Waals surface area (Å²) in [5, 5.41) is 3.97. The lowest BCUT2D eigenvalue weighted by Gasteiger charge is -2.12. The van der Waals surface area contributed by atoms with Gasteiger partial charge in [-0.05, 0) is 24.6 Å². The Hall–Kier alpha value is -1.84. The molecule has 1 N–H and O–H groups in total. The molecule has 0 unspecified atom stereocenters. The molecule has 0 aliphatic rings. The number of hydrogen-bond donors (Lipinski definition) is 1. The Bertz CT molecular complexity index is 393. The summed E-state index contributed by atoms with van der Waals surface area (Å²) < 4.78 is 0. The third-order valence-electron chi connectivity index (χ3n) is 2.18. The Balaban J connectivity index is 2.81. The first-order valence-electron chi connectivity index (χ1n) is 5.09. The molecule has 86 valence electrons. The number of nitrogens with one attached hydrogen (secondary N) is 1. The summed E-state index contributed by atoms with van der Waals surface area (Å²) in [4.78, 5) is 12.7. The highest BCUT2D eigenvalue weighted by Crippen LogP contribution is 2.12. The highest BCUT2D eigenvalue weighted by molar-refractivity contribution is 5.99. The maximum Gasteiger partial charge on any atom is 0.236 e. The molecule has 4 heteroatoms. The molecule has 0 bridgehead atoms. The van der Waals surface area contributed by atoms with Gasteiger partial charge in [-0.25, -0.2) is 5.43 Å². The van der Waals surface area contributed by atoms with Crippen LogP contribution in [-0.2, 0) is 4.79 Å². The predicted molar refractivity (Wildman–Crippen MR) is 66.8 cm³/mol. The average Bonchev–Trinajstić information content (AvgIpc) is 2.26. The topological polar surface area (TPSA) is 44.7 Å². The molecule has 1 amide bonds. The van der Waals surface area contributed by atoms with E-state index in [0.29, 0.717) is 0 Å². The summed E-state index contributed by atoms with van der Waals surface area (Å²) in [6.45, 7) is 3.30. The normalized spacial score (nSPS) is 11.1. The van der Waals surface area contributed by atoms with Crippen LogP contribution in [0.4, 0.5) is 5.69 Å². The van der Waals surface area contributed by atoms with Crippen LogP contribution in [0.25, 0.3) is 0 Å². The molecular weight excluding hydrogens is 202 g/mol. The second kappa shape index (κ2) is 5.30. The molecular formula is C12H17N3O. The Kier molecular flexibility index (Phi) is 4.05. The Morgan fingerprint density at radius 2 is 1.75 bits per heavy atom. The maximum absolute atomic E-state index is 10.7. The largest absolute Gasteiger partial charge is 0.378 e. The third-order valence-corrected chi connectivity index (χ3v) is 2.18. The number of nitrogens with zero attached hydrogens (tertiary/aromatic N) is 2. The van der Waals surface area contributed by atoms with Gasteiger partial charge in [-0.2, -0.15) is 5.10 Å². The molecule has 0 heterocycles. The van der Waals surface area contributed by atoms with Gasteiger partial charge in [0.25, 0.3) is 0 Å². The van der Waals surface area contributed by atoms with E-state index in [-0.39, 0.29) is 5.91 Å². The van der Waals surface area contributed by atoms with Gasteiger partial charge < -0.3 is 4.90 Å². The van der Waals surface area contributed by atoms with Crippen LogP contribution in [-0.4, -0.2) is 25.7 Å². The summed E-state index contributed by atoms with van der Waals surface area (Å²) in [5.41, 5.74) is 5.35. The average molecular weight is 219 g/mol. The van der Waals surface area contributed by atoms with Crippen LogP contribution >= 0.6 is 0 Å². The smallest absolute Gasteiger partial charge is 0.236 e. The van der Waals surface area contributed by atoms with Gasteiger partial charge in [-0.3, -0.25) is 4.79 Å². The summed E-state index contributed by atoms with van der Waals surface area (Å²) in [6, 6.07) is 8.00. The predicted octanol–water partition coefficient (Wildman–Crippen LogP) is 1.61. The highest BCUT2D eigenvalue weighted by atomic mass is 16.2. The van der Waals surface area contributed by atoms with E-state index >= 15 is 0 Å². The van der Waals surface area contributed by atoms with Gasteiger partial charge in [0.1, 0.15) is 0 Å². The SMILES string of the molecule is CC(=O)N/N=C(/C)c1ccc(N(C)C)cc1. The second-order valence-corrected chi connectivity index (χ2v) is 3.81. The number of carbonyl (C=O) groups excluding carboxylic acids is 1. The van der Waals surface area contributed by atoms with Gasteiger partial charge in [-0.15, -0.1) is 0 Å². The molecule has 0 aliphatic carbocycles. The van der Waals surface area contributed by atoms with Crippen molar-refractivity contribution in [1.82, 2.24) is 5.43 Å². The minimum absolute atomic E-state index is 0.163. The van der Waals surface area contributed by atoms with E-state index in [2.05, 4.69) is 10.5 Å². The molecule has 1 aromatic rings. The molecule has 0 saturated heterocycles. The Labute approximate surface area is 96.0 Å². The first-order chi connectivity index (χ1) is 7.50. The number of anilines is 1. The monoisotopic (exact) mass is 219 g/mol. The van der Waals surface area contributed by atoms with Crippen molar-refractivity contribution in [2.45, 2.75) is 13.8 Å². The lowest BCUT2D eigenvalue weighted by molar-refractivity contribution is -0.118. The number of carbonyl (C=O) groups is 1. The molecule has 1 aromatic carbocycles. The van der Waals surface area contributed by atoms with Crippen molar-refractivity contribution in [2.75, 3.05) is 19.0 Å². The zero-order chi connectivity index (χ0) is 12.1. The van der Waals surface area contributed by atoms with Crippen LogP contribution in [0.5, 0.6) is 0 Å². The molecule has 0 aromatic heterocycles. The van der Waals surface area contributed by atoms with E-state index in [9.17, 15) is 4.79 Å². The van der Waals surface area contributed by atoms with E-state index in [0.717, 1.165) is 17.0 Å². The number of rotatable bonds is 3.